The summed E-state index contributed by atoms with van der Waals surface area (Å²) in [4.78, 5) is 7.74. The standard InChI is InChI=1S/C10H13BrF3N3O/c1-2-4-15-8-7(11)9(17-6-16-8)18-5-3-10(12,13)14/h6H,2-5H2,1H3,(H,15,16,17). The van der Waals surface area contributed by atoms with Crippen molar-refractivity contribution in [3.05, 3.63) is 10.8 Å². The van der Waals surface area contributed by atoms with Crippen LogP contribution in [0.1, 0.15) is 19.8 Å². The number of rotatable bonds is 6. The van der Waals surface area contributed by atoms with Gasteiger partial charge in [0.15, 0.2) is 0 Å². The van der Waals surface area contributed by atoms with Gasteiger partial charge in [-0.1, -0.05) is 6.92 Å². The molecule has 102 valence electrons. The van der Waals surface area contributed by atoms with Crippen molar-refractivity contribution in [3.63, 3.8) is 0 Å². The van der Waals surface area contributed by atoms with E-state index in [9.17, 15) is 13.2 Å². The minimum absolute atomic E-state index is 0.104. The third kappa shape index (κ3) is 5.07. The van der Waals surface area contributed by atoms with Gasteiger partial charge < -0.3 is 10.1 Å². The van der Waals surface area contributed by atoms with Gasteiger partial charge in [-0.05, 0) is 22.4 Å². The van der Waals surface area contributed by atoms with E-state index >= 15 is 0 Å². The zero-order chi connectivity index (χ0) is 13.6. The second-order valence-corrected chi connectivity index (χ2v) is 4.27. The first-order chi connectivity index (χ1) is 8.44. The molecule has 18 heavy (non-hydrogen) atoms. The number of hydrogen-bond donors (Lipinski definition) is 1. The molecule has 0 unspecified atom stereocenters. The molecule has 1 heterocycles. The molecule has 0 aliphatic rings. The molecule has 0 fully saturated rings. The highest BCUT2D eigenvalue weighted by atomic mass is 79.9. The van der Waals surface area contributed by atoms with Crippen molar-refractivity contribution in [2.75, 3.05) is 18.5 Å². The van der Waals surface area contributed by atoms with Gasteiger partial charge in [-0.25, -0.2) is 9.97 Å². The number of nitrogens with zero attached hydrogens (tertiary/aromatic N) is 2. The summed E-state index contributed by atoms with van der Waals surface area (Å²) in [7, 11) is 0. The highest BCUT2D eigenvalue weighted by Gasteiger charge is 2.27. The molecule has 1 rings (SSSR count). The topological polar surface area (TPSA) is 47.0 Å². The van der Waals surface area contributed by atoms with Crippen molar-refractivity contribution in [1.82, 2.24) is 9.97 Å². The van der Waals surface area contributed by atoms with Gasteiger partial charge in [-0.15, -0.1) is 0 Å². The van der Waals surface area contributed by atoms with Crippen molar-refractivity contribution in [2.24, 2.45) is 0 Å². The normalized spacial score (nSPS) is 11.4. The van der Waals surface area contributed by atoms with Crippen LogP contribution in [0.2, 0.25) is 0 Å². The maximum absolute atomic E-state index is 12.0. The lowest BCUT2D eigenvalue weighted by atomic mass is 10.4. The summed E-state index contributed by atoms with van der Waals surface area (Å²) in [5.74, 6) is 0.613. The van der Waals surface area contributed by atoms with Crippen LogP contribution in [0.4, 0.5) is 19.0 Å². The minimum atomic E-state index is -4.23. The molecule has 0 saturated heterocycles. The van der Waals surface area contributed by atoms with E-state index in [2.05, 4.69) is 31.2 Å². The first kappa shape index (κ1) is 15.0. The quantitative estimate of drug-likeness (QED) is 0.870. The SMILES string of the molecule is CCCNc1ncnc(OCCC(F)(F)F)c1Br. The van der Waals surface area contributed by atoms with Crippen molar-refractivity contribution in [2.45, 2.75) is 25.9 Å². The zero-order valence-corrected chi connectivity index (χ0v) is 11.3. The van der Waals surface area contributed by atoms with E-state index in [1.165, 1.54) is 6.33 Å². The summed E-state index contributed by atoms with van der Waals surface area (Å²) >= 11 is 3.20. The maximum Gasteiger partial charge on any atom is 0.392 e. The predicted molar refractivity (Wildman–Crippen MR) is 64.7 cm³/mol. The molecular formula is C10H13BrF3N3O. The van der Waals surface area contributed by atoms with Crippen LogP contribution in [0.15, 0.2) is 10.8 Å². The van der Waals surface area contributed by atoms with Crippen LogP contribution < -0.4 is 10.1 Å². The first-order valence-corrected chi connectivity index (χ1v) is 6.17. The smallest absolute Gasteiger partial charge is 0.392 e. The molecule has 1 N–H and O–H groups in total. The molecule has 1 aromatic rings. The number of halogens is 4. The fourth-order valence-corrected chi connectivity index (χ4v) is 1.54. The largest absolute Gasteiger partial charge is 0.476 e. The molecule has 0 amide bonds. The van der Waals surface area contributed by atoms with Crippen molar-refractivity contribution < 1.29 is 17.9 Å². The molecule has 0 radical (unpaired) electrons. The number of nitrogens with one attached hydrogen (secondary N) is 1. The number of hydrogen-bond acceptors (Lipinski definition) is 4. The second-order valence-electron chi connectivity index (χ2n) is 3.48. The van der Waals surface area contributed by atoms with Crippen molar-refractivity contribution in [3.8, 4) is 5.88 Å². The van der Waals surface area contributed by atoms with Gasteiger partial charge >= 0.3 is 6.18 Å². The Morgan fingerprint density at radius 1 is 1.39 bits per heavy atom. The van der Waals surface area contributed by atoms with E-state index in [-0.39, 0.29) is 5.88 Å². The Labute approximate surface area is 111 Å². The van der Waals surface area contributed by atoms with Gasteiger partial charge in [0.2, 0.25) is 5.88 Å². The van der Waals surface area contributed by atoms with E-state index in [1.54, 1.807) is 0 Å². The molecule has 0 spiro atoms. The summed E-state index contributed by atoms with van der Waals surface area (Å²) in [6.45, 7) is 2.23. The van der Waals surface area contributed by atoms with Crippen LogP contribution >= 0.6 is 15.9 Å². The Morgan fingerprint density at radius 2 is 2.11 bits per heavy atom. The number of aromatic nitrogens is 2. The van der Waals surface area contributed by atoms with Crippen LogP contribution in [0.3, 0.4) is 0 Å². The van der Waals surface area contributed by atoms with Gasteiger partial charge in [0.25, 0.3) is 0 Å². The third-order valence-electron chi connectivity index (χ3n) is 1.92. The molecule has 0 aliphatic carbocycles. The number of alkyl halides is 3. The first-order valence-electron chi connectivity index (χ1n) is 5.38. The second kappa shape index (κ2) is 6.77. The van der Waals surface area contributed by atoms with Gasteiger partial charge in [-0.2, -0.15) is 13.2 Å². The molecule has 0 bridgehead atoms. The fraction of sp³-hybridized carbons (Fsp3) is 0.600. The van der Waals surface area contributed by atoms with Crippen LogP contribution in [0, 0.1) is 0 Å². The van der Waals surface area contributed by atoms with Crippen LogP contribution in [-0.2, 0) is 0 Å². The molecule has 0 aromatic carbocycles. The lowest BCUT2D eigenvalue weighted by Crippen LogP contribution is -2.14. The summed E-state index contributed by atoms with van der Waals surface area (Å²) in [5, 5.41) is 3.01. The highest BCUT2D eigenvalue weighted by Crippen LogP contribution is 2.29. The molecular weight excluding hydrogens is 315 g/mol. The maximum atomic E-state index is 12.0. The Kier molecular flexibility index (Phi) is 5.64. The molecule has 0 saturated carbocycles. The Morgan fingerprint density at radius 3 is 2.72 bits per heavy atom. The average molecular weight is 328 g/mol. The molecule has 4 nitrogen and oxygen atoms in total. The summed E-state index contributed by atoms with van der Waals surface area (Å²) in [6.07, 6.45) is -3.10. The van der Waals surface area contributed by atoms with Crippen LogP contribution in [-0.4, -0.2) is 29.3 Å². The number of anilines is 1. The Bertz CT molecular complexity index is 387. The van der Waals surface area contributed by atoms with Gasteiger partial charge in [-0.3, -0.25) is 0 Å². The van der Waals surface area contributed by atoms with E-state index < -0.39 is 19.2 Å². The molecule has 0 aliphatic heterocycles. The minimum Gasteiger partial charge on any atom is -0.476 e. The lowest BCUT2D eigenvalue weighted by molar-refractivity contribution is -0.139. The molecule has 1 aromatic heterocycles. The van der Waals surface area contributed by atoms with Crippen molar-refractivity contribution >= 4 is 21.7 Å². The van der Waals surface area contributed by atoms with E-state index in [1.807, 2.05) is 6.92 Å². The van der Waals surface area contributed by atoms with Gasteiger partial charge in [0.05, 0.1) is 13.0 Å². The third-order valence-corrected chi connectivity index (χ3v) is 2.64. The summed E-state index contributed by atoms with van der Waals surface area (Å²) in [6, 6.07) is 0. The van der Waals surface area contributed by atoms with Gasteiger partial charge in [0.1, 0.15) is 16.6 Å². The van der Waals surface area contributed by atoms with E-state index in [0.29, 0.717) is 16.8 Å². The average Bonchev–Trinajstić information content (AvgIpc) is 2.28. The Balaban J connectivity index is 2.60. The predicted octanol–water partition coefficient (Wildman–Crippen LogP) is 3.39. The van der Waals surface area contributed by atoms with Crippen LogP contribution in [0.5, 0.6) is 5.88 Å². The number of ether oxygens (including phenoxy) is 1. The summed E-state index contributed by atoms with van der Waals surface area (Å²) in [5.41, 5.74) is 0. The highest BCUT2D eigenvalue weighted by molar-refractivity contribution is 9.10. The summed E-state index contributed by atoms with van der Waals surface area (Å²) < 4.78 is 41.3. The molecule has 8 heteroatoms. The van der Waals surface area contributed by atoms with Gasteiger partial charge in [0, 0.05) is 6.54 Å². The molecule has 0 atom stereocenters. The van der Waals surface area contributed by atoms with Crippen molar-refractivity contribution in [1.29, 1.82) is 0 Å². The van der Waals surface area contributed by atoms with Crippen LogP contribution in [0.25, 0.3) is 0 Å². The zero-order valence-electron chi connectivity index (χ0n) is 9.72. The monoisotopic (exact) mass is 327 g/mol. The van der Waals surface area contributed by atoms with E-state index in [0.717, 1.165) is 6.42 Å². The van der Waals surface area contributed by atoms with E-state index in [4.69, 9.17) is 4.74 Å². The fourth-order valence-electron chi connectivity index (χ4n) is 1.08. The Hall–Kier alpha value is -1.05. The lowest BCUT2D eigenvalue weighted by Gasteiger charge is -2.11.